The summed E-state index contributed by atoms with van der Waals surface area (Å²) in [6.45, 7) is 0. The van der Waals surface area contributed by atoms with E-state index < -0.39 is 6.17 Å². The summed E-state index contributed by atoms with van der Waals surface area (Å²) in [5.41, 5.74) is 8.19. The standard InChI is InChI=1S/C46H27N4O2/c1-2-11-28(12-3-1)44-48-45(35-16-9-19-39-42(35)34-14-6-7-17-37(34)51-39)50-46(49-44)43-31-13-5-4-10-27(31)20-21-33(43)32-15-8-18-38-41(32)36-24-30-26-47-23-22-29(30)25-40(36)52-38/h1-26,45H/q-1. The van der Waals surface area contributed by atoms with Crippen molar-refractivity contribution < 1.29 is 8.83 Å². The second-order valence-electron chi connectivity index (χ2n) is 13.1. The third-order valence-electron chi connectivity index (χ3n) is 10.1. The Morgan fingerprint density at radius 2 is 1.29 bits per heavy atom. The van der Waals surface area contributed by atoms with Gasteiger partial charge in [0.05, 0.1) is 12.0 Å². The van der Waals surface area contributed by atoms with Crippen LogP contribution in [0.3, 0.4) is 0 Å². The Balaban J connectivity index is 1.18. The first-order chi connectivity index (χ1) is 25.8. The smallest absolute Gasteiger partial charge is 0.136 e. The van der Waals surface area contributed by atoms with Gasteiger partial charge in [-0.1, -0.05) is 115 Å². The van der Waals surface area contributed by atoms with Crippen LogP contribution in [0.4, 0.5) is 0 Å². The molecule has 10 aromatic rings. The molecule has 6 nitrogen and oxygen atoms in total. The first-order valence-electron chi connectivity index (χ1n) is 17.3. The monoisotopic (exact) mass is 667 g/mol. The average molecular weight is 668 g/mol. The minimum Gasteiger partial charge on any atom is -0.456 e. The fourth-order valence-electron chi connectivity index (χ4n) is 7.79. The van der Waals surface area contributed by atoms with E-state index in [0.29, 0.717) is 11.7 Å². The van der Waals surface area contributed by atoms with E-state index >= 15 is 0 Å². The Bertz CT molecular complexity index is 3120. The highest BCUT2D eigenvalue weighted by Gasteiger charge is 2.23. The topological polar surface area (TPSA) is 78.0 Å². The first kappa shape index (κ1) is 28.8. The summed E-state index contributed by atoms with van der Waals surface area (Å²) >= 11 is 0. The Labute approximate surface area is 297 Å². The van der Waals surface area contributed by atoms with E-state index in [0.717, 1.165) is 93.2 Å². The molecule has 52 heavy (non-hydrogen) atoms. The molecule has 4 heterocycles. The zero-order valence-corrected chi connectivity index (χ0v) is 27.7. The molecule has 0 saturated carbocycles. The van der Waals surface area contributed by atoms with Gasteiger partial charge in [0.1, 0.15) is 22.3 Å². The highest BCUT2D eigenvalue weighted by atomic mass is 16.3. The van der Waals surface area contributed by atoms with E-state index in [1.54, 1.807) is 0 Å². The van der Waals surface area contributed by atoms with Crippen molar-refractivity contribution in [3.8, 4) is 11.1 Å². The van der Waals surface area contributed by atoms with Gasteiger partial charge in [0, 0.05) is 39.3 Å². The summed E-state index contributed by atoms with van der Waals surface area (Å²) in [6, 6.07) is 49.8. The lowest BCUT2D eigenvalue weighted by Gasteiger charge is -2.34. The maximum atomic E-state index is 6.51. The van der Waals surface area contributed by atoms with Crippen LogP contribution in [0.2, 0.25) is 0 Å². The first-order valence-corrected chi connectivity index (χ1v) is 17.3. The molecule has 0 aliphatic carbocycles. The molecule has 1 aliphatic heterocycles. The van der Waals surface area contributed by atoms with Gasteiger partial charge in [-0.15, -0.1) is 0 Å². The highest BCUT2D eigenvalue weighted by Crippen LogP contribution is 2.44. The Morgan fingerprint density at radius 1 is 0.519 bits per heavy atom. The number of furan rings is 2. The van der Waals surface area contributed by atoms with Gasteiger partial charge in [0.15, 0.2) is 0 Å². The zero-order chi connectivity index (χ0) is 34.2. The number of aliphatic imine (C=N–C) groups is 2. The van der Waals surface area contributed by atoms with Crippen LogP contribution in [0, 0.1) is 0 Å². The fraction of sp³-hybridized carbons (Fsp3) is 0.0217. The lowest BCUT2D eigenvalue weighted by Crippen LogP contribution is -2.17. The van der Waals surface area contributed by atoms with Crippen molar-refractivity contribution in [3.63, 3.8) is 0 Å². The predicted molar refractivity (Wildman–Crippen MR) is 211 cm³/mol. The third-order valence-corrected chi connectivity index (χ3v) is 10.1. The van der Waals surface area contributed by atoms with Crippen molar-refractivity contribution in [2.75, 3.05) is 0 Å². The van der Waals surface area contributed by atoms with E-state index in [1.165, 1.54) is 0 Å². The number of amidine groups is 2. The van der Waals surface area contributed by atoms with Crippen LogP contribution in [0.5, 0.6) is 0 Å². The summed E-state index contributed by atoms with van der Waals surface area (Å²) in [4.78, 5) is 14.9. The Kier molecular flexibility index (Phi) is 6.21. The number of nitrogens with zero attached hydrogens (tertiary/aromatic N) is 4. The number of hydrogen-bond acceptors (Lipinski definition) is 5. The van der Waals surface area contributed by atoms with Crippen molar-refractivity contribution in [1.29, 1.82) is 0 Å². The number of aromatic nitrogens is 1. The van der Waals surface area contributed by atoms with Crippen LogP contribution < -0.4 is 0 Å². The van der Waals surface area contributed by atoms with E-state index in [1.807, 2.05) is 73.1 Å². The van der Waals surface area contributed by atoms with Gasteiger partial charge in [0.25, 0.3) is 0 Å². The lowest BCUT2D eigenvalue weighted by molar-refractivity contribution is 0.668. The summed E-state index contributed by atoms with van der Waals surface area (Å²) in [5, 5.41) is 13.9. The summed E-state index contributed by atoms with van der Waals surface area (Å²) in [7, 11) is 0. The van der Waals surface area contributed by atoms with Crippen molar-refractivity contribution in [2.24, 2.45) is 9.98 Å². The van der Waals surface area contributed by atoms with Crippen LogP contribution in [0.25, 0.3) is 81.9 Å². The normalized spacial score (nSPS) is 14.7. The highest BCUT2D eigenvalue weighted by molar-refractivity contribution is 6.27. The summed E-state index contributed by atoms with van der Waals surface area (Å²) in [6.07, 6.45) is 3.15. The van der Waals surface area contributed by atoms with Crippen molar-refractivity contribution in [3.05, 3.63) is 180 Å². The van der Waals surface area contributed by atoms with Gasteiger partial charge in [0.2, 0.25) is 0 Å². The number of pyridine rings is 1. The molecule has 1 unspecified atom stereocenters. The largest absolute Gasteiger partial charge is 0.456 e. The van der Waals surface area contributed by atoms with Gasteiger partial charge in [-0.2, -0.15) is 0 Å². The molecule has 1 aliphatic rings. The lowest BCUT2D eigenvalue weighted by atomic mass is 9.90. The summed E-state index contributed by atoms with van der Waals surface area (Å²) < 4.78 is 12.8. The maximum absolute atomic E-state index is 6.51. The maximum Gasteiger partial charge on any atom is 0.136 e. The minimum absolute atomic E-state index is 0.566. The molecule has 0 spiro atoms. The summed E-state index contributed by atoms with van der Waals surface area (Å²) in [5.74, 6) is 1.25. The molecule has 11 rings (SSSR count). The van der Waals surface area contributed by atoms with Crippen LogP contribution in [-0.2, 0) is 0 Å². The quantitative estimate of drug-likeness (QED) is 0.187. The zero-order valence-electron chi connectivity index (χ0n) is 27.7. The molecule has 6 heteroatoms. The molecule has 3 aromatic heterocycles. The van der Waals surface area contributed by atoms with Crippen molar-refractivity contribution >= 4 is 77.1 Å². The van der Waals surface area contributed by atoms with Crippen LogP contribution in [0.1, 0.15) is 22.9 Å². The molecule has 244 valence electrons. The number of fused-ring (bicyclic) bond motifs is 8. The number of benzene rings is 7. The molecule has 1 atom stereocenters. The van der Waals surface area contributed by atoms with Gasteiger partial charge in [-0.3, -0.25) is 9.98 Å². The molecule has 0 N–H and O–H groups in total. The molecular formula is C46H27N4O2-. The van der Waals surface area contributed by atoms with Crippen molar-refractivity contribution in [2.45, 2.75) is 6.17 Å². The molecule has 7 aromatic carbocycles. The second kappa shape index (κ2) is 11.2. The number of hydrogen-bond donors (Lipinski definition) is 0. The van der Waals surface area contributed by atoms with E-state index in [2.05, 4.69) is 89.9 Å². The molecule has 0 fully saturated rings. The second-order valence-corrected chi connectivity index (χ2v) is 13.1. The van der Waals surface area contributed by atoms with Gasteiger partial charge < -0.3 is 19.1 Å². The van der Waals surface area contributed by atoms with E-state index in [4.69, 9.17) is 24.1 Å². The Morgan fingerprint density at radius 3 is 2.21 bits per heavy atom. The fourth-order valence-corrected chi connectivity index (χ4v) is 7.79. The molecule has 0 bridgehead atoms. The predicted octanol–water partition coefficient (Wildman–Crippen LogP) is 12.1. The van der Waals surface area contributed by atoms with Crippen molar-refractivity contribution in [1.82, 2.24) is 4.98 Å². The van der Waals surface area contributed by atoms with E-state index in [9.17, 15) is 0 Å². The SMILES string of the molecule is c1ccc(C2=NC(c3cccc4oc5ccccc5c34)[N-]C(c3c(-c4cccc5oc6cc7ccncc7cc6c45)ccc4ccccc34)=N2)cc1. The Hall–Kier alpha value is -7.05. The van der Waals surface area contributed by atoms with Gasteiger partial charge >= 0.3 is 0 Å². The average Bonchev–Trinajstić information content (AvgIpc) is 3.77. The molecular weight excluding hydrogens is 641 g/mol. The third kappa shape index (κ3) is 4.41. The van der Waals surface area contributed by atoms with Crippen LogP contribution in [0.15, 0.2) is 177 Å². The molecule has 0 amide bonds. The molecule has 0 radical (unpaired) electrons. The van der Waals surface area contributed by atoms with Crippen LogP contribution in [-0.4, -0.2) is 16.7 Å². The number of rotatable bonds is 4. The van der Waals surface area contributed by atoms with Crippen LogP contribution >= 0.6 is 0 Å². The number of para-hydroxylation sites is 1. The molecule has 0 saturated heterocycles. The minimum atomic E-state index is -0.566. The van der Waals surface area contributed by atoms with E-state index in [-0.39, 0.29) is 0 Å². The van der Waals surface area contributed by atoms with Gasteiger partial charge in [-0.25, -0.2) is 0 Å². The van der Waals surface area contributed by atoms with Gasteiger partial charge in [-0.05, 0) is 80.4 Å².